The summed E-state index contributed by atoms with van der Waals surface area (Å²) >= 11 is 0. The molecule has 0 saturated carbocycles. The molecule has 13 heteroatoms. The molecule has 2 spiro atoms. The number of hydrogen-bond acceptors (Lipinski definition) is 9. The lowest BCUT2D eigenvalue weighted by Gasteiger charge is -2.39. The van der Waals surface area contributed by atoms with Gasteiger partial charge in [-0.15, -0.1) is 5.10 Å². The predicted octanol–water partition coefficient (Wildman–Crippen LogP) is 5.77. The van der Waals surface area contributed by atoms with Crippen molar-refractivity contribution in [1.82, 2.24) is 20.3 Å². The Kier molecular flexibility index (Phi) is 10.3. The van der Waals surface area contributed by atoms with Crippen LogP contribution in [0.5, 0.6) is 0 Å². The fourth-order valence-corrected chi connectivity index (χ4v) is 13.1. The molecule has 4 aliphatic heterocycles. The lowest BCUT2D eigenvalue weighted by atomic mass is 9.82. The summed E-state index contributed by atoms with van der Waals surface area (Å²) in [5.41, 5.74) is 3.87. The molecular weight excluding hydrogens is 759 g/mol. The fraction of sp³-hybridized carbons (Fsp3) is 0.391. The van der Waals surface area contributed by atoms with Gasteiger partial charge in [-0.1, -0.05) is 91.0 Å². The number of nitrogens with zero attached hydrogens (tertiary/aromatic N) is 6. The molecule has 306 valence electrons. The molecule has 3 saturated heterocycles. The third-order valence-electron chi connectivity index (χ3n) is 13.3. The normalized spacial score (nSPS) is 24.4. The van der Waals surface area contributed by atoms with Crippen LogP contribution in [0.15, 0.2) is 115 Å². The molecule has 4 aliphatic rings. The summed E-state index contributed by atoms with van der Waals surface area (Å²) < 4.78 is 8.86. The minimum absolute atomic E-state index is 0.0922. The molecule has 1 aromatic heterocycles. The molecule has 4 aromatic carbocycles. The number of carbonyl (C=O) groups is 2. The smallest absolute Gasteiger partial charge is 0.264 e. The van der Waals surface area contributed by atoms with Crippen molar-refractivity contribution in [3.8, 4) is 0 Å². The van der Waals surface area contributed by atoms with E-state index in [0.717, 1.165) is 59.7 Å². The van der Waals surface area contributed by atoms with Crippen LogP contribution in [-0.2, 0) is 33.0 Å². The SMILES string of the molecule is C[C@H]1[C@H]([Si](C)(C)O)[C@@H](CCn2cc(C(CO)c3ccccc3)nn2)O[C@]12C(=O)N(Cc1cccc(N3CN(c4ccccc4)C4(CCNCC4)C3=O)c1)c1ccccc12. The number of ether oxygens (including phenoxy) is 1. The van der Waals surface area contributed by atoms with Crippen molar-refractivity contribution in [3.05, 3.63) is 138 Å². The Balaban J connectivity index is 0.977. The first-order chi connectivity index (χ1) is 28.5. The lowest BCUT2D eigenvalue weighted by Crippen LogP contribution is -2.55. The number of anilines is 3. The largest absolute Gasteiger partial charge is 0.432 e. The van der Waals surface area contributed by atoms with Gasteiger partial charge in [0.1, 0.15) is 5.54 Å². The summed E-state index contributed by atoms with van der Waals surface area (Å²) in [6.07, 6.45) is 3.42. The number of piperidine rings is 1. The molecule has 59 heavy (non-hydrogen) atoms. The number of hydrogen-bond donors (Lipinski definition) is 3. The van der Waals surface area contributed by atoms with Crippen LogP contribution in [0, 0.1) is 5.92 Å². The van der Waals surface area contributed by atoms with Gasteiger partial charge in [0.25, 0.3) is 11.8 Å². The molecule has 3 N–H and O–H groups in total. The van der Waals surface area contributed by atoms with E-state index in [4.69, 9.17) is 4.74 Å². The molecule has 1 unspecified atom stereocenters. The highest BCUT2D eigenvalue weighted by atomic mass is 28.4. The second-order valence-electron chi connectivity index (χ2n) is 17.2. The molecule has 5 aromatic rings. The highest BCUT2D eigenvalue weighted by Gasteiger charge is 2.66. The van der Waals surface area contributed by atoms with Gasteiger partial charge in [0, 0.05) is 41.1 Å². The van der Waals surface area contributed by atoms with Gasteiger partial charge in [0.05, 0.1) is 43.2 Å². The van der Waals surface area contributed by atoms with E-state index in [9.17, 15) is 14.7 Å². The van der Waals surface area contributed by atoms with Crippen molar-refractivity contribution < 1.29 is 24.2 Å². The Morgan fingerprint density at radius 2 is 1.59 bits per heavy atom. The van der Waals surface area contributed by atoms with Gasteiger partial charge in [-0.05, 0) is 86.9 Å². The van der Waals surface area contributed by atoms with Crippen molar-refractivity contribution in [3.63, 3.8) is 0 Å². The molecule has 9 rings (SSSR count). The molecule has 2 amide bonds. The molecule has 3 fully saturated rings. The number of fused-ring (bicyclic) bond motifs is 2. The molecule has 5 heterocycles. The van der Waals surface area contributed by atoms with Gasteiger partial charge in [-0.25, -0.2) is 0 Å². The zero-order valence-electron chi connectivity index (χ0n) is 33.9. The maximum Gasteiger partial charge on any atom is 0.264 e. The third kappa shape index (κ3) is 6.69. The summed E-state index contributed by atoms with van der Waals surface area (Å²) in [5, 5.41) is 22.5. The monoisotopic (exact) mass is 811 g/mol. The number of amides is 2. The van der Waals surface area contributed by atoms with Gasteiger partial charge in [-0.3, -0.25) is 19.2 Å². The van der Waals surface area contributed by atoms with E-state index in [1.165, 1.54) is 0 Å². The first-order valence-corrected chi connectivity index (χ1v) is 23.9. The van der Waals surface area contributed by atoms with Crippen LogP contribution in [0.3, 0.4) is 0 Å². The highest BCUT2D eigenvalue weighted by Crippen LogP contribution is 2.60. The first-order valence-electron chi connectivity index (χ1n) is 20.9. The number of aliphatic hydroxyl groups is 1. The first kappa shape index (κ1) is 39.3. The van der Waals surface area contributed by atoms with Crippen LogP contribution in [0.1, 0.15) is 54.5 Å². The van der Waals surface area contributed by atoms with Crippen LogP contribution >= 0.6 is 0 Å². The number of aryl methyl sites for hydroxylation is 1. The maximum absolute atomic E-state index is 15.1. The number of aliphatic hydroxyl groups excluding tert-OH is 1. The average Bonchev–Trinajstić information content (AvgIpc) is 3.98. The fourth-order valence-electron chi connectivity index (χ4n) is 10.5. The summed E-state index contributed by atoms with van der Waals surface area (Å²) in [5.74, 6) is -0.633. The third-order valence-corrected chi connectivity index (χ3v) is 15.8. The van der Waals surface area contributed by atoms with E-state index in [-0.39, 0.29) is 35.8 Å². The minimum atomic E-state index is -2.89. The van der Waals surface area contributed by atoms with Gasteiger partial charge in [0.2, 0.25) is 0 Å². The zero-order chi connectivity index (χ0) is 40.9. The zero-order valence-corrected chi connectivity index (χ0v) is 34.9. The molecule has 12 nitrogen and oxygen atoms in total. The number of nitrogens with one attached hydrogen (secondary N) is 1. The lowest BCUT2D eigenvalue weighted by molar-refractivity contribution is -0.146. The summed E-state index contributed by atoms with van der Waals surface area (Å²) in [6, 6.07) is 35.9. The summed E-state index contributed by atoms with van der Waals surface area (Å²) in [6.45, 7) is 8.60. The van der Waals surface area contributed by atoms with Crippen molar-refractivity contribution in [2.45, 2.75) is 81.1 Å². The van der Waals surface area contributed by atoms with Crippen molar-refractivity contribution in [2.75, 3.05) is 41.1 Å². The van der Waals surface area contributed by atoms with Crippen molar-refractivity contribution in [2.24, 2.45) is 5.92 Å². The van der Waals surface area contributed by atoms with E-state index < -0.39 is 25.6 Å². The topological polar surface area (TPSA) is 136 Å². The number of carbonyl (C=O) groups excluding carboxylic acids is 2. The van der Waals surface area contributed by atoms with Crippen LogP contribution < -0.4 is 20.0 Å². The van der Waals surface area contributed by atoms with Crippen molar-refractivity contribution in [1.29, 1.82) is 0 Å². The van der Waals surface area contributed by atoms with Crippen molar-refractivity contribution >= 4 is 37.2 Å². The molecule has 0 radical (unpaired) electrons. The Morgan fingerprint density at radius 1 is 0.898 bits per heavy atom. The van der Waals surface area contributed by atoms with Crippen LogP contribution in [-0.4, -0.2) is 83.0 Å². The number of rotatable bonds is 11. The van der Waals surface area contributed by atoms with Crippen LogP contribution in [0.25, 0.3) is 0 Å². The van der Waals surface area contributed by atoms with Gasteiger partial charge in [0.15, 0.2) is 13.9 Å². The maximum atomic E-state index is 15.1. The molecular formula is C46H53N7O5Si. The molecule has 5 atom stereocenters. The van der Waals surface area contributed by atoms with Crippen LogP contribution in [0.2, 0.25) is 18.6 Å². The van der Waals surface area contributed by atoms with E-state index >= 15 is 4.79 Å². The Morgan fingerprint density at radius 3 is 2.32 bits per heavy atom. The molecule has 0 aliphatic carbocycles. The minimum Gasteiger partial charge on any atom is -0.432 e. The summed E-state index contributed by atoms with van der Waals surface area (Å²) in [4.78, 5) is 47.5. The van der Waals surface area contributed by atoms with Gasteiger partial charge < -0.3 is 29.8 Å². The van der Waals surface area contributed by atoms with E-state index in [1.54, 1.807) is 4.68 Å². The second kappa shape index (κ2) is 15.4. The van der Waals surface area contributed by atoms with Gasteiger partial charge >= 0.3 is 0 Å². The Labute approximate surface area is 346 Å². The molecule has 0 bridgehead atoms. The summed E-state index contributed by atoms with van der Waals surface area (Å²) in [7, 11) is -2.89. The van der Waals surface area contributed by atoms with E-state index in [1.807, 2.05) is 126 Å². The number of aromatic nitrogens is 3. The Hall–Kier alpha value is -5.18. The second-order valence-corrected chi connectivity index (χ2v) is 21.2. The van der Waals surface area contributed by atoms with E-state index in [2.05, 4.69) is 39.6 Å². The quantitative estimate of drug-likeness (QED) is 0.142. The van der Waals surface area contributed by atoms with Gasteiger partial charge in [-0.2, -0.15) is 0 Å². The number of benzene rings is 4. The van der Waals surface area contributed by atoms with Crippen LogP contribution in [0.4, 0.5) is 17.1 Å². The van der Waals surface area contributed by atoms with E-state index in [0.29, 0.717) is 31.9 Å². The number of para-hydroxylation sites is 2. The average molecular weight is 812 g/mol. The standard InChI is InChI=1S/C46H53N7O5Si/c1-32-42(59(2,3)57)41(21-26-50-29-39(48-49-50)37(30-54)34-14-6-4-7-15-34)58-46(32)38-19-10-11-20-40(38)51(44(46)56)28-33-13-12-18-36(27-33)52-31-53(35-16-8-5-9-17-35)45(43(52)55)22-24-47-25-23-45/h4-20,27,29,32,37,41-42,47,54,57H,21-26,28,30-31H2,1-3H3/t32-,37?,41+,42-,46+/m0/s1. The predicted molar refractivity (Wildman–Crippen MR) is 229 cm³/mol. The Bertz CT molecular complexity index is 2310. The highest BCUT2D eigenvalue weighted by molar-refractivity contribution is 6.71.